The van der Waals surface area contributed by atoms with Gasteiger partial charge in [-0.15, -0.1) is 0 Å². The molecule has 1 unspecified atom stereocenters. The lowest BCUT2D eigenvalue weighted by atomic mass is 10.2. The Labute approximate surface area is 113 Å². The molecule has 0 saturated carbocycles. The van der Waals surface area contributed by atoms with Crippen molar-refractivity contribution >= 4 is 33.6 Å². The van der Waals surface area contributed by atoms with E-state index < -0.39 is 18.0 Å². The summed E-state index contributed by atoms with van der Waals surface area (Å²) in [5.41, 5.74) is 11.8. The zero-order valence-electron chi connectivity index (χ0n) is 9.99. The molecule has 6 nitrogen and oxygen atoms in total. The molecule has 7 heteroatoms. The maximum atomic E-state index is 11.5. The second-order valence-electron chi connectivity index (χ2n) is 3.75. The summed E-state index contributed by atoms with van der Waals surface area (Å²) in [4.78, 5) is 22.0. The number of hydrogen-bond donors (Lipinski definition) is 3. The first-order chi connectivity index (χ1) is 8.31. The first kappa shape index (κ1) is 14.3. The van der Waals surface area contributed by atoms with E-state index in [9.17, 15) is 9.59 Å². The van der Waals surface area contributed by atoms with Crippen LogP contribution in [-0.2, 0) is 4.79 Å². The molecular weight excluding hydrogens is 302 g/mol. The van der Waals surface area contributed by atoms with Crippen molar-refractivity contribution in [1.29, 1.82) is 0 Å². The molecule has 0 aromatic heterocycles. The molecule has 18 heavy (non-hydrogen) atoms. The number of hydrogen-bond acceptors (Lipinski definition) is 4. The number of anilines is 1. The Morgan fingerprint density at radius 3 is 2.56 bits per heavy atom. The van der Waals surface area contributed by atoms with E-state index in [4.69, 9.17) is 16.2 Å². The Hall–Kier alpha value is -1.76. The van der Waals surface area contributed by atoms with Gasteiger partial charge in [-0.3, -0.25) is 10.1 Å². The Bertz CT molecular complexity index is 467. The number of urea groups is 1. The number of nitrogens with two attached hydrogens (primary N) is 2. The molecule has 0 bridgehead atoms. The molecule has 0 aliphatic rings. The van der Waals surface area contributed by atoms with Gasteiger partial charge in [0.15, 0.2) is 6.10 Å². The number of aryl methyl sites for hydroxylation is 1. The fourth-order valence-electron chi connectivity index (χ4n) is 1.37. The Balaban J connectivity index is 2.85. The Kier molecular flexibility index (Phi) is 4.55. The van der Waals surface area contributed by atoms with Crippen molar-refractivity contribution < 1.29 is 14.3 Å². The lowest BCUT2D eigenvalue weighted by molar-refractivity contribution is -0.126. The predicted molar refractivity (Wildman–Crippen MR) is 71.1 cm³/mol. The number of halogens is 1. The van der Waals surface area contributed by atoms with Crippen molar-refractivity contribution in [1.82, 2.24) is 5.32 Å². The first-order valence-corrected chi connectivity index (χ1v) is 5.93. The third kappa shape index (κ3) is 3.63. The Morgan fingerprint density at radius 2 is 2.06 bits per heavy atom. The molecule has 0 heterocycles. The summed E-state index contributed by atoms with van der Waals surface area (Å²) in [6, 6.07) is 2.56. The van der Waals surface area contributed by atoms with Crippen molar-refractivity contribution in [2.24, 2.45) is 5.73 Å². The van der Waals surface area contributed by atoms with Gasteiger partial charge in [-0.1, -0.05) is 15.9 Å². The topological polar surface area (TPSA) is 107 Å². The van der Waals surface area contributed by atoms with Crippen LogP contribution < -0.4 is 21.5 Å². The van der Waals surface area contributed by atoms with Crippen LogP contribution in [0.25, 0.3) is 0 Å². The normalized spacial score (nSPS) is 11.7. The summed E-state index contributed by atoms with van der Waals surface area (Å²) in [7, 11) is 0. The van der Waals surface area contributed by atoms with Crippen LogP contribution in [0.2, 0.25) is 0 Å². The SMILES string of the molecule is Cc1cc(Br)cc(N)c1OC(C)C(=O)NC(N)=O. The van der Waals surface area contributed by atoms with E-state index in [1.807, 2.05) is 11.4 Å². The van der Waals surface area contributed by atoms with Gasteiger partial charge in [-0.05, 0) is 31.5 Å². The number of primary amides is 1. The van der Waals surface area contributed by atoms with Gasteiger partial charge in [0.1, 0.15) is 5.75 Å². The van der Waals surface area contributed by atoms with E-state index in [0.29, 0.717) is 11.4 Å². The van der Waals surface area contributed by atoms with Crippen LogP contribution in [0, 0.1) is 6.92 Å². The average molecular weight is 316 g/mol. The van der Waals surface area contributed by atoms with Gasteiger partial charge < -0.3 is 16.2 Å². The molecule has 0 saturated heterocycles. The maximum absolute atomic E-state index is 11.5. The number of rotatable bonds is 3. The zero-order chi connectivity index (χ0) is 13.9. The van der Waals surface area contributed by atoms with E-state index in [1.165, 1.54) is 6.92 Å². The molecule has 5 N–H and O–H groups in total. The molecule has 0 fully saturated rings. The van der Waals surface area contributed by atoms with Crippen molar-refractivity contribution in [3.05, 3.63) is 22.2 Å². The van der Waals surface area contributed by atoms with Crippen molar-refractivity contribution in [3.8, 4) is 5.75 Å². The van der Waals surface area contributed by atoms with Crippen molar-refractivity contribution in [2.45, 2.75) is 20.0 Å². The minimum absolute atomic E-state index is 0.403. The van der Waals surface area contributed by atoms with E-state index in [0.717, 1.165) is 10.0 Å². The third-order valence-electron chi connectivity index (χ3n) is 2.18. The smallest absolute Gasteiger partial charge is 0.318 e. The standard InChI is InChI=1S/C11H14BrN3O3/c1-5-3-7(12)4-8(13)9(5)18-6(2)10(16)15-11(14)17/h3-4,6H,13H2,1-2H3,(H3,14,15,16,17). The largest absolute Gasteiger partial charge is 0.478 e. The molecule has 0 radical (unpaired) electrons. The molecule has 1 aromatic carbocycles. The van der Waals surface area contributed by atoms with E-state index in [2.05, 4.69) is 15.9 Å². The number of imide groups is 1. The van der Waals surface area contributed by atoms with Crippen LogP contribution in [0.15, 0.2) is 16.6 Å². The van der Waals surface area contributed by atoms with Crippen LogP contribution in [0.1, 0.15) is 12.5 Å². The second-order valence-corrected chi connectivity index (χ2v) is 4.67. The third-order valence-corrected chi connectivity index (χ3v) is 2.64. The van der Waals surface area contributed by atoms with Gasteiger partial charge >= 0.3 is 6.03 Å². The van der Waals surface area contributed by atoms with Crippen LogP contribution >= 0.6 is 15.9 Å². The quantitative estimate of drug-likeness (QED) is 0.731. The number of benzene rings is 1. The van der Waals surface area contributed by atoms with E-state index >= 15 is 0 Å². The molecule has 1 atom stereocenters. The Morgan fingerprint density at radius 1 is 1.44 bits per heavy atom. The van der Waals surface area contributed by atoms with Gasteiger partial charge in [-0.25, -0.2) is 4.79 Å². The van der Waals surface area contributed by atoms with E-state index in [1.54, 1.807) is 13.0 Å². The number of amides is 3. The van der Waals surface area contributed by atoms with Gasteiger partial charge in [-0.2, -0.15) is 0 Å². The van der Waals surface area contributed by atoms with Crippen LogP contribution in [0.3, 0.4) is 0 Å². The fraction of sp³-hybridized carbons (Fsp3) is 0.273. The lowest BCUT2D eigenvalue weighted by Crippen LogP contribution is -2.42. The van der Waals surface area contributed by atoms with Crippen LogP contribution in [0.5, 0.6) is 5.75 Å². The summed E-state index contributed by atoms with van der Waals surface area (Å²) < 4.78 is 6.25. The summed E-state index contributed by atoms with van der Waals surface area (Å²) >= 11 is 3.30. The zero-order valence-corrected chi connectivity index (χ0v) is 11.6. The summed E-state index contributed by atoms with van der Waals surface area (Å²) in [5, 5.41) is 1.94. The summed E-state index contributed by atoms with van der Waals surface area (Å²) in [5.74, 6) is -0.213. The molecule has 0 aliphatic carbocycles. The fourth-order valence-corrected chi connectivity index (χ4v) is 1.96. The van der Waals surface area contributed by atoms with Crippen molar-refractivity contribution in [2.75, 3.05) is 5.73 Å². The van der Waals surface area contributed by atoms with Crippen LogP contribution in [-0.4, -0.2) is 18.0 Å². The predicted octanol–water partition coefficient (Wildman–Crippen LogP) is 1.30. The highest BCUT2D eigenvalue weighted by Crippen LogP contribution is 2.30. The highest BCUT2D eigenvalue weighted by atomic mass is 79.9. The number of ether oxygens (including phenoxy) is 1. The summed E-state index contributed by atoms with van der Waals surface area (Å²) in [6.07, 6.45) is -0.875. The minimum Gasteiger partial charge on any atom is -0.478 e. The van der Waals surface area contributed by atoms with E-state index in [-0.39, 0.29) is 0 Å². The molecule has 3 amide bonds. The monoisotopic (exact) mass is 315 g/mol. The lowest BCUT2D eigenvalue weighted by Gasteiger charge is -2.17. The molecule has 1 rings (SSSR count). The molecule has 0 aliphatic heterocycles. The van der Waals surface area contributed by atoms with Gasteiger partial charge in [0.25, 0.3) is 5.91 Å². The molecule has 0 spiro atoms. The van der Waals surface area contributed by atoms with Gasteiger partial charge in [0, 0.05) is 4.47 Å². The minimum atomic E-state index is -0.920. The van der Waals surface area contributed by atoms with Gasteiger partial charge in [0.2, 0.25) is 0 Å². The van der Waals surface area contributed by atoms with Crippen LogP contribution in [0.4, 0.5) is 10.5 Å². The maximum Gasteiger partial charge on any atom is 0.318 e. The highest BCUT2D eigenvalue weighted by molar-refractivity contribution is 9.10. The number of nitrogens with one attached hydrogen (secondary N) is 1. The second kappa shape index (κ2) is 5.72. The average Bonchev–Trinajstić information content (AvgIpc) is 2.21. The number of nitrogen functional groups attached to an aromatic ring is 1. The molecule has 98 valence electrons. The summed E-state index contributed by atoms with van der Waals surface area (Å²) in [6.45, 7) is 3.30. The number of carbonyl (C=O) groups excluding carboxylic acids is 2. The van der Waals surface area contributed by atoms with Gasteiger partial charge in [0.05, 0.1) is 5.69 Å². The highest BCUT2D eigenvalue weighted by Gasteiger charge is 2.18. The molecular formula is C11H14BrN3O3. The first-order valence-electron chi connectivity index (χ1n) is 5.14. The molecule has 1 aromatic rings. The number of carbonyl (C=O) groups is 2. The van der Waals surface area contributed by atoms with Crippen molar-refractivity contribution in [3.63, 3.8) is 0 Å².